The van der Waals surface area contributed by atoms with Crippen molar-refractivity contribution in [2.75, 3.05) is 19.8 Å². The highest BCUT2D eigenvalue weighted by atomic mass is 28.1. The van der Waals surface area contributed by atoms with Crippen molar-refractivity contribution in [1.29, 1.82) is 0 Å². The van der Waals surface area contributed by atoms with E-state index in [2.05, 4.69) is 0 Å². The Morgan fingerprint density at radius 3 is 2.12 bits per heavy atom. The van der Waals surface area contributed by atoms with Crippen LogP contribution in [0.3, 0.4) is 0 Å². The van der Waals surface area contributed by atoms with Crippen LogP contribution in [-0.4, -0.2) is 30.1 Å². The fourth-order valence-electron chi connectivity index (χ4n) is 1.87. The summed E-state index contributed by atoms with van der Waals surface area (Å²) >= 11 is 0. The Morgan fingerprint density at radius 2 is 1.59 bits per heavy atom. The summed E-state index contributed by atoms with van der Waals surface area (Å²) in [5, 5.41) is 0. The minimum absolute atomic E-state index is 0.602. The molecule has 0 spiro atoms. The van der Waals surface area contributed by atoms with Crippen molar-refractivity contribution >= 4 is 10.2 Å². The molecule has 1 aromatic rings. The number of para-hydroxylation sites is 1. The van der Waals surface area contributed by atoms with Crippen LogP contribution in [0.1, 0.15) is 26.3 Å². The SMILES string of the molecule is CCOc1ccccc1C([SiH3])(OCC)OCC. The highest BCUT2D eigenvalue weighted by Gasteiger charge is 2.30. The molecule has 0 unspecified atom stereocenters. The second-order valence-corrected chi connectivity index (χ2v) is 5.06. The molecule has 0 N–H and O–H groups in total. The lowest BCUT2D eigenvalue weighted by Crippen LogP contribution is -2.34. The van der Waals surface area contributed by atoms with E-state index in [0.717, 1.165) is 21.6 Å². The summed E-state index contributed by atoms with van der Waals surface area (Å²) in [6.45, 7) is 7.84. The Kier molecular flexibility index (Phi) is 5.68. The molecule has 0 aromatic heterocycles. The van der Waals surface area contributed by atoms with Gasteiger partial charge in [-0.05, 0) is 26.8 Å². The summed E-state index contributed by atoms with van der Waals surface area (Å²) in [7, 11) is 0.757. The quantitative estimate of drug-likeness (QED) is 0.547. The minimum atomic E-state index is -0.602. The van der Waals surface area contributed by atoms with Crippen LogP contribution in [0.25, 0.3) is 0 Å². The highest BCUT2D eigenvalue weighted by Crippen LogP contribution is 2.31. The maximum absolute atomic E-state index is 5.80. The number of rotatable bonds is 7. The van der Waals surface area contributed by atoms with Crippen LogP contribution in [0.2, 0.25) is 0 Å². The van der Waals surface area contributed by atoms with Crippen molar-refractivity contribution in [3.8, 4) is 5.75 Å². The number of hydrogen-bond donors (Lipinski definition) is 0. The molecular weight excluding hydrogens is 232 g/mol. The average Bonchev–Trinajstić information content (AvgIpc) is 2.31. The smallest absolute Gasteiger partial charge is 0.169 e. The fourth-order valence-corrected chi connectivity index (χ4v) is 2.86. The summed E-state index contributed by atoms with van der Waals surface area (Å²) in [6, 6.07) is 7.93. The van der Waals surface area contributed by atoms with Gasteiger partial charge in [0, 0.05) is 18.8 Å². The van der Waals surface area contributed by atoms with Crippen LogP contribution < -0.4 is 4.74 Å². The zero-order chi connectivity index (χ0) is 12.7. The monoisotopic (exact) mass is 254 g/mol. The minimum Gasteiger partial charge on any atom is -0.493 e. The lowest BCUT2D eigenvalue weighted by atomic mass is 10.2. The molecule has 96 valence electrons. The molecule has 0 radical (unpaired) electrons. The first kappa shape index (κ1) is 14.2. The van der Waals surface area contributed by atoms with Crippen molar-refractivity contribution in [3.63, 3.8) is 0 Å². The fraction of sp³-hybridized carbons (Fsp3) is 0.538. The molecule has 17 heavy (non-hydrogen) atoms. The Balaban J connectivity index is 3.08. The first-order valence-electron chi connectivity index (χ1n) is 6.18. The lowest BCUT2D eigenvalue weighted by molar-refractivity contribution is -0.181. The molecule has 0 saturated carbocycles. The first-order valence-corrected chi connectivity index (χ1v) is 7.18. The molecule has 0 heterocycles. The van der Waals surface area contributed by atoms with Crippen LogP contribution in [0, 0.1) is 0 Å². The summed E-state index contributed by atoms with van der Waals surface area (Å²) in [5.74, 6) is 0.854. The van der Waals surface area contributed by atoms with Gasteiger partial charge < -0.3 is 14.2 Å². The van der Waals surface area contributed by atoms with E-state index in [1.807, 2.05) is 45.0 Å². The summed E-state index contributed by atoms with van der Waals surface area (Å²) in [5.41, 5.74) is 0.396. The normalized spacial score (nSPS) is 11.7. The predicted octanol–water partition coefficient (Wildman–Crippen LogP) is 1.63. The van der Waals surface area contributed by atoms with Gasteiger partial charge >= 0.3 is 0 Å². The van der Waals surface area contributed by atoms with E-state index in [-0.39, 0.29) is 0 Å². The van der Waals surface area contributed by atoms with E-state index in [4.69, 9.17) is 14.2 Å². The van der Waals surface area contributed by atoms with Gasteiger partial charge in [0.05, 0.1) is 16.8 Å². The topological polar surface area (TPSA) is 27.7 Å². The van der Waals surface area contributed by atoms with Crippen LogP contribution >= 0.6 is 0 Å². The zero-order valence-corrected chi connectivity index (χ0v) is 13.2. The van der Waals surface area contributed by atoms with Gasteiger partial charge in [0.25, 0.3) is 0 Å². The summed E-state index contributed by atoms with van der Waals surface area (Å²) in [4.78, 5) is 0. The maximum Gasteiger partial charge on any atom is 0.169 e. The third-order valence-electron chi connectivity index (χ3n) is 2.52. The molecule has 0 aliphatic heterocycles. The van der Waals surface area contributed by atoms with Gasteiger partial charge in [-0.2, -0.15) is 0 Å². The van der Waals surface area contributed by atoms with Gasteiger partial charge in [0.1, 0.15) is 5.75 Å². The highest BCUT2D eigenvalue weighted by molar-refractivity contribution is 6.14. The molecule has 1 aromatic carbocycles. The van der Waals surface area contributed by atoms with Gasteiger partial charge in [-0.3, -0.25) is 0 Å². The molecule has 1 rings (SSSR count). The Bertz CT molecular complexity index is 335. The second-order valence-electron chi connectivity index (χ2n) is 3.74. The maximum atomic E-state index is 5.80. The molecule has 0 saturated heterocycles. The van der Waals surface area contributed by atoms with Gasteiger partial charge in [-0.25, -0.2) is 0 Å². The molecule has 3 nitrogen and oxygen atoms in total. The Morgan fingerprint density at radius 1 is 1.00 bits per heavy atom. The lowest BCUT2D eigenvalue weighted by Gasteiger charge is -2.31. The third-order valence-corrected chi connectivity index (χ3v) is 3.63. The molecule has 0 aliphatic rings. The van der Waals surface area contributed by atoms with Crippen molar-refractivity contribution < 1.29 is 14.2 Å². The van der Waals surface area contributed by atoms with Gasteiger partial charge in [0.15, 0.2) is 5.41 Å². The standard InChI is InChI=1S/C13H22O3Si/c1-4-14-12-10-8-7-9-11(12)13(17,15-5-2)16-6-3/h7-10H,4-6H2,1-3,17H3. The largest absolute Gasteiger partial charge is 0.493 e. The predicted molar refractivity (Wildman–Crippen MR) is 72.5 cm³/mol. The summed E-state index contributed by atoms with van der Waals surface area (Å²) < 4.78 is 17.2. The second kappa shape index (κ2) is 6.79. The Hall–Kier alpha value is -0.843. The molecule has 0 fully saturated rings. The number of benzene rings is 1. The average molecular weight is 254 g/mol. The van der Waals surface area contributed by atoms with E-state index >= 15 is 0 Å². The Labute approximate surface area is 106 Å². The van der Waals surface area contributed by atoms with Crippen LogP contribution in [0.5, 0.6) is 5.75 Å². The van der Waals surface area contributed by atoms with E-state index in [1.165, 1.54) is 0 Å². The van der Waals surface area contributed by atoms with E-state index in [1.54, 1.807) is 0 Å². The summed E-state index contributed by atoms with van der Waals surface area (Å²) in [6.07, 6.45) is 0. The van der Waals surface area contributed by atoms with Crippen molar-refractivity contribution in [2.45, 2.75) is 26.2 Å². The van der Waals surface area contributed by atoms with Crippen molar-refractivity contribution in [2.24, 2.45) is 0 Å². The van der Waals surface area contributed by atoms with Crippen LogP contribution in [-0.2, 0) is 14.9 Å². The molecule has 0 amide bonds. The van der Waals surface area contributed by atoms with Gasteiger partial charge in [0.2, 0.25) is 0 Å². The van der Waals surface area contributed by atoms with Crippen molar-refractivity contribution in [1.82, 2.24) is 0 Å². The third kappa shape index (κ3) is 3.56. The molecule has 4 heteroatoms. The van der Waals surface area contributed by atoms with Gasteiger partial charge in [-0.1, -0.05) is 18.2 Å². The van der Waals surface area contributed by atoms with E-state index in [0.29, 0.717) is 19.8 Å². The van der Waals surface area contributed by atoms with E-state index in [9.17, 15) is 0 Å². The van der Waals surface area contributed by atoms with E-state index < -0.39 is 5.41 Å². The van der Waals surface area contributed by atoms with Crippen LogP contribution in [0.4, 0.5) is 0 Å². The molecule has 0 bridgehead atoms. The van der Waals surface area contributed by atoms with Crippen LogP contribution in [0.15, 0.2) is 24.3 Å². The zero-order valence-electron chi connectivity index (χ0n) is 11.2. The first-order chi connectivity index (χ1) is 8.18. The van der Waals surface area contributed by atoms with Gasteiger partial charge in [-0.15, -0.1) is 0 Å². The number of ether oxygens (including phenoxy) is 3. The molecule has 0 atom stereocenters. The molecule has 0 aliphatic carbocycles. The number of hydrogen-bond acceptors (Lipinski definition) is 3. The molecular formula is C13H22O3Si. The van der Waals surface area contributed by atoms with Crippen molar-refractivity contribution in [3.05, 3.63) is 29.8 Å².